The van der Waals surface area contributed by atoms with Crippen LogP contribution >= 0.6 is 0 Å². The lowest BCUT2D eigenvalue weighted by Crippen LogP contribution is -2.51. The van der Waals surface area contributed by atoms with Crippen molar-refractivity contribution in [1.29, 1.82) is 0 Å². The summed E-state index contributed by atoms with van der Waals surface area (Å²) in [6, 6.07) is 0. The highest BCUT2D eigenvalue weighted by atomic mass is 27.2. The van der Waals surface area contributed by atoms with E-state index in [0.717, 1.165) is 0 Å². The topological polar surface area (TPSA) is 103 Å². The molecule has 1 rings (SSSR count). The molecule has 7 nitrogen and oxygen atoms in total. The van der Waals surface area contributed by atoms with Crippen LogP contribution < -0.4 is 16.2 Å². The Hall–Kier alpha value is -0.648. The number of rotatable bonds is 5. The van der Waals surface area contributed by atoms with E-state index >= 15 is 0 Å². The molecule has 2 unspecified atom stereocenters. The number of amides is 1. The highest BCUT2D eigenvalue weighted by Gasteiger charge is 2.58. The van der Waals surface area contributed by atoms with Gasteiger partial charge in [0, 0.05) is 7.05 Å². The van der Waals surface area contributed by atoms with Gasteiger partial charge in [0.1, 0.15) is 6.23 Å². The van der Waals surface area contributed by atoms with E-state index in [4.69, 9.17) is 9.84 Å². The number of ether oxygens (including phenoxy) is 1. The fourth-order valence-corrected chi connectivity index (χ4v) is 3.18. The molecular formula is C6H12AlN3O4. The molecule has 4 N–H and O–H groups in total. The number of carbonyl (C=O) groups excluding carboxylic acids is 1. The number of epoxide rings is 1. The zero-order valence-electron chi connectivity index (χ0n) is 7.90. The lowest BCUT2D eigenvalue weighted by Gasteiger charge is -2.04. The lowest BCUT2D eigenvalue weighted by atomic mass is 10.8. The second kappa shape index (κ2) is 4.73. The summed E-state index contributed by atoms with van der Waals surface area (Å²) in [4.78, 5) is 20.6. The molecule has 78 valence electrons. The van der Waals surface area contributed by atoms with Crippen molar-refractivity contribution < 1.29 is 19.4 Å². The maximum atomic E-state index is 11.3. The molecule has 14 heavy (non-hydrogen) atoms. The fraction of sp³-hybridized carbons (Fsp3) is 0.667. The predicted octanol–water partition coefficient (Wildman–Crippen LogP) is -1.35. The van der Waals surface area contributed by atoms with Gasteiger partial charge in [0.25, 0.3) is 0 Å². The van der Waals surface area contributed by atoms with Gasteiger partial charge in [0.15, 0.2) is 4.77 Å². The Labute approximate surface area is 85.2 Å². The second-order valence-corrected chi connectivity index (χ2v) is 5.50. The molecule has 0 saturated carbocycles. The number of hydrogen-bond donors (Lipinski definition) is 4. The van der Waals surface area contributed by atoms with E-state index < -0.39 is 28.7 Å². The highest BCUT2D eigenvalue weighted by molar-refractivity contribution is 7.10. The van der Waals surface area contributed by atoms with Crippen LogP contribution in [-0.2, 0) is 4.74 Å². The molecule has 2 atom stereocenters. The Morgan fingerprint density at radius 3 is 2.43 bits per heavy atom. The van der Waals surface area contributed by atoms with Gasteiger partial charge in [-0.25, -0.2) is 5.43 Å². The number of carbonyl (C=O) groups is 2. The SMILES string of the molecule is CNN[C](=O)[Al]([C](=O)O)[CH]1OC1NC. The normalized spacial score (nSPS) is 24.1. The summed E-state index contributed by atoms with van der Waals surface area (Å²) in [5, 5.41) is 11.6. The third kappa shape index (κ3) is 2.44. The van der Waals surface area contributed by atoms with E-state index in [1.54, 1.807) is 7.05 Å². The molecule has 1 aliphatic heterocycles. The predicted molar refractivity (Wildman–Crippen MR) is 49.1 cm³/mol. The van der Waals surface area contributed by atoms with Gasteiger partial charge >= 0.3 is 14.1 Å². The average molecular weight is 217 g/mol. The Kier molecular flexibility index (Phi) is 3.86. The summed E-state index contributed by atoms with van der Waals surface area (Å²) >= 11 is -2.64. The van der Waals surface area contributed by atoms with E-state index in [2.05, 4.69) is 16.2 Å². The zero-order chi connectivity index (χ0) is 10.7. The largest absolute Gasteiger partial charge is 0.600 e. The van der Waals surface area contributed by atoms with E-state index in [1.165, 1.54) is 7.05 Å². The summed E-state index contributed by atoms with van der Waals surface area (Å²) < 4.78 is 4.57. The van der Waals surface area contributed by atoms with Crippen molar-refractivity contribution in [3.8, 4) is 0 Å². The van der Waals surface area contributed by atoms with E-state index in [9.17, 15) is 9.59 Å². The first-order valence-electron chi connectivity index (χ1n) is 4.14. The van der Waals surface area contributed by atoms with Gasteiger partial charge < -0.3 is 15.3 Å². The Bertz CT molecular complexity index is 249. The minimum absolute atomic E-state index is 0.287. The Morgan fingerprint density at radius 1 is 1.43 bits per heavy atom. The minimum Gasteiger partial charge on any atom is -0.495 e. The van der Waals surface area contributed by atoms with Gasteiger partial charge in [-0.05, 0) is 7.05 Å². The summed E-state index contributed by atoms with van der Waals surface area (Å²) in [6.45, 7) is 0. The van der Waals surface area contributed by atoms with E-state index in [0.29, 0.717) is 0 Å². The molecule has 0 spiro atoms. The first kappa shape index (κ1) is 11.4. The van der Waals surface area contributed by atoms with Crippen LogP contribution in [0.5, 0.6) is 0 Å². The molecular weight excluding hydrogens is 205 g/mol. The summed E-state index contributed by atoms with van der Waals surface area (Å²) in [6.07, 6.45) is -0.287. The van der Waals surface area contributed by atoms with Crippen LogP contribution in [0, 0.1) is 0 Å². The molecule has 0 aromatic rings. The van der Waals surface area contributed by atoms with E-state index in [1.807, 2.05) is 0 Å². The molecule has 1 saturated heterocycles. The minimum atomic E-state index is -2.64. The molecule has 0 aromatic heterocycles. The summed E-state index contributed by atoms with van der Waals surface area (Å²) in [5.41, 5.74) is 4.69. The lowest BCUT2D eigenvalue weighted by molar-refractivity contribution is 0.217. The Balaban J connectivity index is 2.57. The van der Waals surface area contributed by atoms with Gasteiger partial charge in [-0.3, -0.25) is 14.9 Å². The molecule has 1 amide bonds. The van der Waals surface area contributed by atoms with Gasteiger partial charge in [0.05, 0.1) is 4.97 Å². The molecule has 0 aromatic carbocycles. The van der Waals surface area contributed by atoms with Crippen molar-refractivity contribution in [2.75, 3.05) is 14.1 Å². The van der Waals surface area contributed by atoms with Crippen LogP contribution in [-0.4, -0.2) is 54.1 Å². The Morgan fingerprint density at radius 2 is 2.07 bits per heavy atom. The number of hydrogen-bond acceptors (Lipinski definition) is 5. The van der Waals surface area contributed by atoms with E-state index in [-0.39, 0.29) is 6.23 Å². The summed E-state index contributed by atoms with van der Waals surface area (Å²) in [5.74, 6) is 0. The molecule has 8 heteroatoms. The van der Waals surface area contributed by atoms with Crippen molar-refractivity contribution in [3.05, 3.63) is 0 Å². The zero-order valence-corrected chi connectivity index (χ0v) is 9.06. The third-order valence-electron chi connectivity index (χ3n) is 1.94. The number of carboxylic acid groups (broad SMARTS) is 1. The van der Waals surface area contributed by atoms with Crippen LogP contribution in [0.25, 0.3) is 0 Å². The van der Waals surface area contributed by atoms with Crippen LogP contribution in [0.1, 0.15) is 0 Å². The molecule has 1 aliphatic rings. The molecule has 0 aliphatic carbocycles. The molecule has 1 heterocycles. The van der Waals surface area contributed by atoms with Crippen molar-refractivity contribution in [2.24, 2.45) is 0 Å². The van der Waals surface area contributed by atoms with Gasteiger partial charge in [-0.2, -0.15) is 0 Å². The van der Waals surface area contributed by atoms with Crippen LogP contribution in [0.15, 0.2) is 0 Å². The van der Waals surface area contributed by atoms with Crippen molar-refractivity contribution in [2.45, 2.75) is 11.2 Å². The third-order valence-corrected chi connectivity index (χ3v) is 4.34. The number of likely N-dealkylation sites (N-methyl/N-ethyl adjacent to an activating group) is 1. The molecule has 0 radical (unpaired) electrons. The van der Waals surface area contributed by atoms with Crippen molar-refractivity contribution in [1.82, 2.24) is 16.2 Å². The standard InChI is InChI=1S/C3H6NO.C2H5N2O.CHO2.Al/c1-4-3-2-5-3;1-3-4-2-5;2-1-3;/h2-4H,1H3;3H,1H3,(H,4,5);(H,2,3);. The maximum absolute atomic E-state index is 11.3. The molecule has 1 fully saturated rings. The van der Waals surface area contributed by atoms with Crippen LogP contribution in [0.3, 0.4) is 0 Å². The van der Waals surface area contributed by atoms with Gasteiger partial charge in [-0.1, -0.05) is 0 Å². The summed E-state index contributed by atoms with van der Waals surface area (Å²) in [7, 11) is 3.17. The van der Waals surface area contributed by atoms with Crippen molar-refractivity contribution in [3.63, 3.8) is 0 Å². The van der Waals surface area contributed by atoms with Gasteiger partial charge in [-0.15, -0.1) is 0 Å². The average Bonchev–Trinajstić information content (AvgIpc) is 2.84. The second-order valence-electron chi connectivity index (χ2n) is 2.87. The van der Waals surface area contributed by atoms with Crippen molar-refractivity contribution >= 4 is 23.7 Å². The monoisotopic (exact) mass is 217 g/mol. The fourth-order valence-electron chi connectivity index (χ4n) is 1.21. The first-order valence-corrected chi connectivity index (χ1v) is 5.96. The van der Waals surface area contributed by atoms with Crippen LogP contribution in [0.2, 0.25) is 0 Å². The quantitative estimate of drug-likeness (QED) is 0.258. The smallest absolute Gasteiger partial charge is 0.495 e. The number of hydrazine groups is 1. The highest BCUT2D eigenvalue weighted by Crippen LogP contribution is 2.22. The maximum Gasteiger partial charge on any atom is 0.600 e. The first-order chi connectivity index (χ1) is 6.61. The number of nitrogens with one attached hydrogen (secondary N) is 3. The molecule has 0 bridgehead atoms. The van der Waals surface area contributed by atoms with Crippen LogP contribution in [0.4, 0.5) is 9.59 Å². The van der Waals surface area contributed by atoms with Gasteiger partial charge in [0.2, 0.25) is 4.83 Å².